The summed E-state index contributed by atoms with van der Waals surface area (Å²) in [7, 11) is -4.95. The molecule has 6 atom stereocenters. The first-order chi connectivity index (χ1) is 29.9. The Morgan fingerprint density at radius 3 is 1.59 bits per heavy atom. The molecule has 0 unspecified atom stereocenters. The van der Waals surface area contributed by atoms with Crippen LogP contribution in [0, 0.1) is 5.92 Å². The van der Waals surface area contributed by atoms with Crippen molar-refractivity contribution >= 4 is 67.3 Å². The molecule has 2 aromatic carbocycles. The predicted octanol–water partition coefficient (Wildman–Crippen LogP) is -0.0257. The van der Waals surface area contributed by atoms with Gasteiger partial charge in [-0.3, -0.25) is 48.1 Å². The first-order valence-corrected chi connectivity index (χ1v) is 20.9. The highest BCUT2D eigenvalue weighted by Crippen LogP contribution is 2.37. The minimum absolute atomic E-state index is 0.222. The maximum Gasteiger partial charge on any atom is 0.524 e. The van der Waals surface area contributed by atoms with E-state index in [-0.39, 0.29) is 29.7 Å². The van der Waals surface area contributed by atoms with Crippen LogP contribution in [0.1, 0.15) is 69.9 Å². The molecule has 5 amide bonds. The zero-order chi connectivity index (χ0) is 48.3. The Kier molecular flexibility index (Phi) is 20.9. The lowest BCUT2D eigenvalue weighted by Gasteiger charge is -2.28. The Labute approximate surface area is 364 Å². The summed E-state index contributed by atoms with van der Waals surface area (Å²) in [6.45, 7) is 3.13. The molecular weight excluding hydrogens is 873 g/mol. The molecule has 64 heavy (non-hydrogen) atoms. The van der Waals surface area contributed by atoms with Gasteiger partial charge in [0.1, 0.15) is 36.0 Å². The van der Waals surface area contributed by atoms with Crippen LogP contribution in [0.25, 0.3) is 6.08 Å². The number of aromatic hydroxyl groups is 2. The summed E-state index contributed by atoms with van der Waals surface area (Å²) in [6.07, 6.45) is -1.81. The smallest absolute Gasteiger partial charge is 0.504 e. The number of carbonyl (C=O) groups is 9. The molecular formula is C39H50N5O19P. The van der Waals surface area contributed by atoms with Crippen LogP contribution in [-0.2, 0) is 54.1 Å². The van der Waals surface area contributed by atoms with Crippen LogP contribution in [-0.4, -0.2) is 124 Å². The number of rotatable bonds is 27. The van der Waals surface area contributed by atoms with Gasteiger partial charge >= 0.3 is 31.7 Å². The summed E-state index contributed by atoms with van der Waals surface area (Å²) >= 11 is 0. The molecule has 0 aliphatic rings. The summed E-state index contributed by atoms with van der Waals surface area (Å²) in [5.74, 6) is -13.1. The van der Waals surface area contributed by atoms with Crippen molar-refractivity contribution in [3.05, 3.63) is 59.7 Å². The number of benzene rings is 2. The van der Waals surface area contributed by atoms with E-state index >= 15 is 0 Å². The molecule has 25 heteroatoms. The average molecular weight is 924 g/mol. The Morgan fingerprint density at radius 1 is 0.641 bits per heavy atom. The number of phenols is 2. The average Bonchev–Trinajstić information content (AvgIpc) is 3.20. The van der Waals surface area contributed by atoms with E-state index in [1.807, 2.05) is 0 Å². The van der Waals surface area contributed by atoms with Gasteiger partial charge in [0.25, 0.3) is 0 Å². The summed E-state index contributed by atoms with van der Waals surface area (Å²) in [5.41, 5.74) is 0.509. The molecule has 2 rings (SSSR count). The van der Waals surface area contributed by atoms with Crippen LogP contribution in [0.15, 0.2) is 48.5 Å². The normalized spacial score (nSPS) is 14.1. The molecule has 0 aromatic heterocycles. The number of carbonyl (C=O) groups excluding carboxylic acids is 5. The molecule has 0 fully saturated rings. The van der Waals surface area contributed by atoms with E-state index < -0.39 is 147 Å². The van der Waals surface area contributed by atoms with Crippen molar-refractivity contribution in [2.24, 2.45) is 5.92 Å². The van der Waals surface area contributed by atoms with Gasteiger partial charge in [-0.2, -0.15) is 0 Å². The standard InChI is InChI=1S/C39H50N5O19P/c1-3-20(2)34(38(57)43-26(39(58)59)12-17-33(52)53)44-36(55)25(11-16-32(50)51)41-35(54)24(10-15-31(48)49)42-37(56)27(18-21-4-8-23(9-5-21)63-64(60,61)62)40-30(47)14-7-22-6-13-28(45)29(46)19-22/h4-9,13-14,19-20,24-27,34,45-46H,3,10-12,15-18H2,1-2H3,(H,40,47)(H,41,54)(H,42,56)(H,43,57)(H,44,55)(H,48,49)(H,50,51)(H,52,53)(H,58,59)(H2,60,61,62)/t20-,24-,25-,26-,27-,34-/m0/s1. The first kappa shape index (κ1) is 53.1. The maximum absolute atomic E-state index is 13.9. The lowest BCUT2D eigenvalue weighted by atomic mass is 9.96. The second-order valence-corrected chi connectivity index (χ2v) is 15.4. The Morgan fingerprint density at radius 2 is 1.12 bits per heavy atom. The highest BCUT2D eigenvalue weighted by atomic mass is 31.2. The first-order valence-electron chi connectivity index (χ1n) is 19.3. The van der Waals surface area contributed by atoms with E-state index in [0.717, 1.165) is 30.3 Å². The van der Waals surface area contributed by atoms with Gasteiger partial charge < -0.3 is 61.7 Å². The lowest BCUT2D eigenvalue weighted by Crippen LogP contribution is -2.60. The highest BCUT2D eigenvalue weighted by Gasteiger charge is 2.35. The van der Waals surface area contributed by atoms with Crippen molar-refractivity contribution in [1.29, 1.82) is 0 Å². The number of phenolic OH excluding ortho intramolecular Hbond substituents is 2. The molecule has 350 valence electrons. The molecule has 0 heterocycles. The highest BCUT2D eigenvalue weighted by molar-refractivity contribution is 7.46. The number of carboxylic acids is 4. The van der Waals surface area contributed by atoms with E-state index in [9.17, 15) is 73.2 Å². The number of hydrogen-bond acceptors (Lipinski definition) is 13. The molecule has 24 nitrogen and oxygen atoms in total. The summed E-state index contributed by atoms with van der Waals surface area (Å²) in [5, 5.41) is 68.3. The van der Waals surface area contributed by atoms with Crippen molar-refractivity contribution in [2.45, 2.75) is 95.4 Å². The van der Waals surface area contributed by atoms with Crippen LogP contribution in [0.2, 0.25) is 0 Å². The molecule has 0 aliphatic heterocycles. The Hall–Kier alpha value is -7.04. The van der Waals surface area contributed by atoms with Crippen LogP contribution < -0.4 is 31.1 Å². The molecule has 0 bridgehead atoms. The second kappa shape index (κ2) is 25.2. The monoisotopic (exact) mass is 923 g/mol. The minimum atomic E-state index is -4.95. The van der Waals surface area contributed by atoms with Gasteiger partial charge in [-0.05, 0) is 66.6 Å². The van der Waals surface area contributed by atoms with Gasteiger partial charge in [-0.15, -0.1) is 0 Å². The Bertz CT molecular complexity index is 2110. The number of nitrogens with one attached hydrogen (secondary N) is 5. The van der Waals surface area contributed by atoms with E-state index in [1.54, 1.807) is 6.92 Å². The van der Waals surface area contributed by atoms with E-state index in [2.05, 4.69) is 31.1 Å². The fourth-order valence-electron chi connectivity index (χ4n) is 5.66. The van der Waals surface area contributed by atoms with Gasteiger partial charge in [0.2, 0.25) is 29.5 Å². The van der Waals surface area contributed by atoms with Gasteiger partial charge in [0.05, 0.1) is 0 Å². The SMILES string of the molecule is CC[C@H](C)[C@H](NC(=O)[C@H](CCC(=O)O)NC(=O)[C@H](CCC(=O)O)NC(=O)[C@H](Cc1ccc(OP(=O)(O)O)cc1)NC(=O)C=Cc1ccc(O)c(O)c1)C(=O)N[C@@H](CCC(=O)O)C(=O)O. The fourth-order valence-corrected chi connectivity index (χ4v) is 6.06. The molecule has 0 saturated carbocycles. The number of amides is 5. The van der Waals surface area contributed by atoms with Gasteiger partial charge in [0.15, 0.2) is 11.5 Å². The van der Waals surface area contributed by atoms with E-state index in [0.29, 0.717) is 0 Å². The van der Waals surface area contributed by atoms with Crippen molar-refractivity contribution in [2.75, 3.05) is 0 Å². The molecule has 0 spiro atoms. The molecule has 0 saturated heterocycles. The number of phosphoric acid groups is 1. The number of carboxylic acid groups (broad SMARTS) is 4. The third kappa shape index (κ3) is 19.3. The zero-order valence-electron chi connectivity index (χ0n) is 34.3. The number of phosphoric ester groups is 1. The third-order valence-electron chi connectivity index (χ3n) is 9.26. The van der Waals surface area contributed by atoms with E-state index in [4.69, 9.17) is 14.9 Å². The largest absolute Gasteiger partial charge is 0.524 e. The van der Waals surface area contributed by atoms with Gasteiger partial charge in [-0.1, -0.05) is 38.5 Å². The van der Waals surface area contributed by atoms with Crippen molar-refractivity contribution in [3.63, 3.8) is 0 Å². The summed E-state index contributed by atoms with van der Waals surface area (Å²) < 4.78 is 15.8. The van der Waals surface area contributed by atoms with Crippen LogP contribution in [0.3, 0.4) is 0 Å². The van der Waals surface area contributed by atoms with E-state index in [1.165, 1.54) is 31.2 Å². The molecule has 13 N–H and O–H groups in total. The molecule has 0 aliphatic carbocycles. The minimum Gasteiger partial charge on any atom is -0.504 e. The predicted molar refractivity (Wildman–Crippen MR) is 219 cm³/mol. The number of hydrogen-bond donors (Lipinski definition) is 13. The second-order valence-electron chi connectivity index (χ2n) is 14.3. The topological polar surface area (TPSA) is 402 Å². The van der Waals surface area contributed by atoms with Crippen LogP contribution in [0.5, 0.6) is 17.2 Å². The van der Waals surface area contributed by atoms with Crippen molar-refractivity contribution in [1.82, 2.24) is 26.6 Å². The Balaban J connectivity index is 2.46. The van der Waals surface area contributed by atoms with Gasteiger partial charge in [0, 0.05) is 31.8 Å². The fraction of sp³-hybridized carbons (Fsp3) is 0.410. The zero-order valence-corrected chi connectivity index (χ0v) is 35.2. The van der Waals surface area contributed by atoms with Gasteiger partial charge in [-0.25, -0.2) is 9.36 Å². The maximum atomic E-state index is 13.9. The molecule has 2 aromatic rings. The van der Waals surface area contributed by atoms with Crippen LogP contribution in [0.4, 0.5) is 0 Å². The quantitative estimate of drug-likeness (QED) is 0.0318. The van der Waals surface area contributed by atoms with Crippen molar-refractivity contribution in [3.8, 4) is 17.2 Å². The number of aliphatic carboxylic acids is 4. The van der Waals surface area contributed by atoms with Crippen LogP contribution >= 0.6 is 7.82 Å². The summed E-state index contributed by atoms with van der Waals surface area (Å²) in [6, 6.07) is 0.199. The molecule has 0 radical (unpaired) electrons. The van der Waals surface area contributed by atoms with Crippen molar-refractivity contribution < 1.29 is 92.7 Å². The lowest BCUT2D eigenvalue weighted by molar-refractivity contribution is -0.144. The summed E-state index contributed by atoms with van der Waals surface area (Å²) in [4.78, 5) is 132. The third-order valence-corrected chi connectivity index (χ3v) is 9.71.